The first-order chi connectivity index (χ1) is 6.73. The van der Waals surface area contributed by atoms with Crippen molar-refractivity contribution in [3.05, 3.63) is 20.3 Å². The Bertz CT molecular complexity index is 451. The van der Waals surface area contributed by atoms with E-state index < -0.39 is 15.1 Å². The largest absolute Gasteiger partial charge is 0.229 e. The lowest BCUT2D eigenvalue weighted by Crippen LogP contribution is -2.20. The van der Waals surface area contributed by atoms with Crippen LogP contribution in [0.1, 0.15) is 22.2 Å². The Kier molecular flexibility index (Phi) is 4.43. The first kappa shape index (κ1) is 13.7. The lowest BCUT2D eigenvalue weighted by atomic mass is 10.1. The molecule has 1 aromatic rings. The topological polar surface area (TPSA) is 34.1 Å². The van der Waals surface area contributed by atoms with Crippen LogP contribution in [0.3, 0.4) is 0 Å². The Hall–Kier alpha value is 0.610. The highest BCUT2D eigenvalue weighted by Gasteiger charge is 2.27. The van der Waals surface area contributed by atoms with Gasteiger partial charge < -0.3 is 0 Å². The van der Waals surface area contributed by atoms with Gasteiger partial charge in [-0.15, -0.1) is 11.3 Å². The average molecular weight is 376 g/mol. The lowest BCUT2D eigenvalue weighted by Gasteiger charge is -2.16. The van der Waals surface area contributed by atoms with E-state index in [1.807, 2.05) is 13.0 Å². The number of hydrogen-bond acceptors (Lipinski definition) is 3. The molecule has 0 aliphatic rings. The minimum atomic E-state index is -3.02. The molecule has 0 aromatic carbocycles. The van der Waals surface area contributed by atoms with Gasteiger partial charge in [-0.1, -0.05) is 15.9 Å². The second-order valence-electron chi connectivity index (χ2n) is 3.50. The quantitative estimate of drug-likeness (QED) is 0.755. The number of aryl methyl sites for hydroxylation is 1. The van der Waals surface area contributed by atoms with Crippen LogP contribution in [0.15, 0.2) is 9.85 Å². The van der Waals surface area contributed by atoms with Gasteiger partial charge in [-0.2, -0.15) is 0 Å². The molecule has 2 unspecified atom stereocenters. The molecule has 1 heterocycles. The summed E-state index contributed by atoms with van der Waals surface area (Å²) < 4.78 is 23.9. The summed E-state index contributed by atoms with van der Waals surface area (Å²) in [6, 6.07) is 1.97. The van der Waals surface area contributed by atoms with E-state index in [1.165, 1.54) is 6.26 Å². The molecule has 15 heavy (non-hydrogen) atoms. The summed E-state index contributed by atoms with van der Waals surface area (Å²) >= 11 is 8.47. The molecule has 0 spiro atoms. The molecule has 0 aliphatic heterocycles. The molecule has 0 radical (unpaired) electrons. The summed E-state index contributed by atoms with van der Waals surface area (Å²) in [6.07, 6.45) is 1.27. The molecule has 0 saturated heterocycles. The van der Waals surface area contributed by atoms with Crippen LogP contribution in [0.5, 0.6) is 0 Å². The van der Waals surface area contributed by atoms with Crippen LogP contribution in [0.2, 0.25) is 0 Å². The van der Waals surface area contributed by atoms with Gasteiger partial charge in [0.2, 0.25) is 0 Å². The normalized spacial score (nSPS) is 16.3. The number of halogens is 2. The van der Waals surface area contributed by atoms with E-state index in [4.69, 9.17) is 0 Å². The second kappa shape index (κ2) is 4.85. The minimum Gasteiger partial charge on any atom is -0.229 e. The third-order valence-electron chi connectivity index (χ3n) is 2.31. The zero-order chi connectivity index (χ0) is 11.8. The molecule has 0 bridgehead atoms. The third kappa shape index (κ3) is 3.28. The predicted octanol–water partition coefficient (Wildman–Crippen LogP) is 3.69. The molecule has 0 N–H and O–H groups in total. The van der Waals surface area contributed by atoms with Gasteiger partial charge in [-0.25, -0.2) is 8.42 Å². The van der Waals surface area contributed by atoms with Crippen molar-refractivity contribution in [3.63, 3.8) is 0 Å². The Morgan fingerprint density at radius 3 is 2.33 bits per heavy atom. The SMILES string of the molecule is Cc1sc(Br)cc1C(Br)C(C)S(C)(=O)=O. The molecule has 86 valence electrons. The highest BCUT2D eigenvalue weighted by molar-refractivity contribution is 9.11. The van der Waals surface area contributed by atoms with Gasteiger partial charge in [0.25, 0.3) is 0 Å². The Morgan fingerprint density at radius 2 is 2.00 bits per heavy atom. The fourth-order valence-electron chi connectivity index (χ4n) is 1.20. The smallest absolute Gasteiger partial charge is 0.151 e. The maximum absolute atomic E-state index is 11.4. The van der Waals surface area contributed by atoms with E-state index in [-0.39, 0.29) is 4.83 Å². The molecular weight excluding hydrogens is 364 g/mol. The van der Waals surface area contributed by atoms with Crippen LogP contribution < -0.4 is 0 Å². The molecule has 1 rings (SSSR count). The van der Waals surface area contributed by atoms with Crippen molar-refractivity contribution in [2.75, 3.05) is 6.26 Å². The van der Waals surface area contributed by atoms with Crippen LogP contribution in [0.25, 0.3) is 0 Å². The van der Waals surface area contributed by atoms with Crippen molar-refractivity contribution >= 4 is 53.0 Å². The Balaban J connectivity index is 3.05. The molecule has 0 fully saturated rings. The van der Waals surface area contributed by atoms with Gasteiger partial charge in [0.15, 0.2) is 9.84 Å². The number of hydrogen-bond donors (Lipinski definition) is 0. The van der Waals surface area contributed by atoms with Gasteiger partial charge in [0, 0.05) is 11.1 Å². The van der Waals surface area contributed by atoms with Crippen molar-refractivity contribution < 1.29 is 8.42 Å². The van der Waals surface area contributed by atoms with Crippen LogP contribution in [0, 0.1) is 6.92 Å². The van der Waals surface area contributed by atoms with E-state index in [0.29, 0.717) is 0 Å². The molecule has 0 saturated carbocycles. The third-order valence-corrected chi connectivity index (χ3v) is 7.14. The number of sulfone groups is 1. The first-order valence-electron chi connectivity index (χ1n) is 4.32. The van der Waals surface area contributed by atoms with E-state index in [1.54, 1.807) is 18.3 Å². The van der Waals surface area contributed by atoms with Crippen molar-refractivity contribution in [1.29, 1.82) is 0 Å². The van der Waals surface area contributed by atoms with Crippen LogP contribution in [-0.4, -0.2) is 19.9 Å². The second-order valence-corrected chi connectivity index (χ2v) is 9.52. The minimum absolute atomic E-state index is 0.143. The number of thiophene rings is 1. The van der Waals surface area contributed by atoms with Crippen molar-refractivity contribution in [1.82, 2.24) is 0 Å². The van der Waals surface area contributed by atoms with Gasteiger partial charge in [0.1, 0.15) is 0 Å². The monoisotopic (exact) mass is 374 g/mol. The van der Waals surface area contributed by atoms with Crippen LogP contribution >= 0.6 is 43.2 Å². The van der Waals surface area contributed by atoms with E-state index in [0.717, 1.165) is 14.2 Å². The molecule has 6 heteroatoms. The summed E-state index contributed by atoms with van der Waals surface area (Å²) in [5, 5.41) is -0.419. The standard InChI is InChI=1S/C9H12Br2O2S2/c1-5-7(4-8(10)14-5)9(11)6(2)15(3,12)13/h4,6,9H,1-3H3. The Labute approximate surface area is 111 Å². The average Bonchev–Trinajstić information content (AvgIpc) is 2.41. The summed E-state index contributed by atoms with van der Waals surface area (Å²) in [5.41, 5.74) is 1.05. The molecule has 1 aromatic heterocycles. The van der Waals surface area contributed by atoms with Crippen molar-refractivity contribution in [2.24, 2.45) is 0 Å². The van der Waals surface area contributed by atoms with Crippen LogP contribution in [-0.2, 0) is 9.84 Å². The van der Waals surface area contributed by atoms with Gasteiger partial charge in [-0.05, 0) is 41.4 Å². The van der Waals surface area contributed by atoms with Crippen molar-refractivity contribution in [3.8, 4) is 0 Å². The maximum Gasteiger partial charge on any atom is 0.151 e. The highest BCUT2D eigenvalue weighted by Crippen LogP contribution is 2.38. The van der Waals surface area contributed by atoms with Gasteiger partial charge >= 0.3 is 0 Å². The van der Waals surface area contributed by atoms with Gasteiger partial charge in [0.05, 0.1) is 13.9 Å². The fourth-order valence-corrected chi connectivity index (χ4v) is 5.34. The molecule has 2 nitrogen and oxygen atoms in total. The molecule has 2 atom stereocenters. The number of alkyl halides is 1. The van der Waals surface area contributed by atoms with E-state index in [2.05, 4.69) is 31.9 Å². The van der Waals surface area contributed by atoms with E-state index >= 15 is 0 Å². The lowest BCUT2D eigenvalue weighted by molar-refractivity contribution is 0.588. The summed E-state index contributed by atoms with van der Waals surface area (Å²) in [4.78, 5) is 0.995. The van der Waals surface area contributed by atoms with E-state index in [9.17, 15) is 8.42 Å². The highest BCUT2D eigenvalue weighted by atomic mass is 79.9. The fraction of sp³-hybridized carbons (Fsp3) is 0.556. The van der Waals surface area contributed by atoms with Gasteiger partial charge in [-0.3, -0.25) is 0 Å². The first-order valence-corrected chi connectivity index (χ1v) is 8.80. The summed E-state index contributed by atoms with van der Waals surface area (Å²) in [7, 11) is -3.02. The van der Waals surface area contributed by atoms with Crippen LogP contribution in [0.4, 0.5) is 0 Å². The zero-order valence-corrected chi connectivity index (χ0v) is 13.4. The molecule has 0 amide bonds. The predicted molar refractivity (Wildman–Crippen MR) is 72.7 cm³/mol. The Morgan fingerprint density at radius 1 is 1.47 bits per heavy atom. The maximum atomic E-state index is 11.4. The molecule has 0 aliphatic carbocycles. The molecular formula is C9H12Br2O2S2. The number of rotatable bonds is 3. The summed E-state index contributed by atoms with van der Waals surface area (Å²) in [6.45, 7) is 3.72. The zero-order valence-electron chi connectivity index (χ0n) is 8.62. The van der Waals surface area contributed by atoms with Crippen molar-refractivity contribution in [2.45, 2.75) is 23.9 Å². The summed E-state index contributed by atoms with van der Waals surface area (Å²) in [5.74, 6) is 0.